The Morgan fingerprint density at radius 1 is 1.18 bits per heavy atom. The molecule has 0 fully saturated rings. The van der Waals surface area contributed by atoms with Gasteiger partial charge in [-0.1, -0.05) is 37.8 Å². The molecule has 2 aliphatic heterocycles. The van der Waals surface area contributed by atoms with Crippen molar-refractivity contribution in [1.82, 2.24) is 9.88 Å². The normalized spacial score (nSPS) is 17.7. The number of aromatic nitrogens is 1. The van der Waals surface area contributed by atoms with Gasteiger partial charge in [0.1, 0.15) is 6.04 Å². The number of amides is 2. The van der Waals surface area contributed by atoms with Crippen LogP contribution in [0.2, 0.25) is 0 Å². The van der Waals surface area contributed by atoms with Crippen LogP contribution >= 0.6 is 11.8 Å². The van der Waals surface area contributed by atoms with Gasteiger partial charge in [0, 0.05) is 72.2 Å². The maximum absolute atomic E-state index is 13.1. The smallest absolute Gasteiger partial charge is 0.250 e. The molecule has 2 aliphatic rings. The monoisotopic (exact) mass is 460 g/mol. The van der Waals surface area contributed by atoms with Crippen LogP contribution in [0.25, 0.3) is 10.9 Å². The summed E-state index contributed by atoms with van der Waals surface area (Å²) in [6.45, 7) is 0. The molecule has 1 atom stereocenters. The number of likely N-dealkylation sites (N-methyl/N-ethyl adjacent to an activating group) is 1. The van der Waals surface area contributed by atoms with E-state index in [0.29, 0.717) is 17.7 Å². The van der Waals surface area contributed by atoms with Crippen molar-refractivity contribution in [3.8, 4) is 0 Å². The third kappa shape index (κ3) is 4.46. The van der Waals surface area contributed by atoms with E-state index in [9.17, 15) is 9.59 Å². The zero-order chi connectivity index (χ0) is 22.2. The van der Waals surface area contributed by atoms with E-state index in [1.54, 1.807) is 29.9 Å². The maximum Gasteiger partial charge on any atom is 0.250 e. The van der Waals surface area contributed by atoms with E-state index in [0.717, 1.165) is 33.6 Å². The second-order valence-electron chi connectivity index (χ2n) is 8.23. The molecule has 0 bridgehead atoms. The third-order valence-electron chi connectivity index (χ3n) is 6.01. The van der Waals surface area contributed by atoms with E-state index >= 15 is 0 Å². The first kappa shape index (κ1) is 22.9. The van der Waals surface area contributed by atoms with E-state index in [1.807, 2.05) is 43.6 Å². The van der Waals surface area contributed by atoms with Crippen molar-refractivity contribution >= 4 is 45.9 Å². The van der Waals surface area contributed by atoms with Gasteiger partial charge in [-0.25, -0.2) is 0 Å². The number of nitrogens with one attached hydrogen (secondary N) is 1. The van der Waals surface area contributed by atoms with Crippen molar-refractivity contribution in [2.45, 2.75) is 31.2 Å². The van der Waals surface area contributed by atoms with Gasteiger partial charge in [-0.15, -0.1) is 11.8 Å². The van der Waals surface area contributed by atoms with Crippen LogP contribution in [0.1, 0.15) is 19.4 Å². The molecule has 33 heavy (non-hydrogen) atoms. The minimum atomic E-state index is -0.591. The summed E-state index contributed by atoms with van der Waals surface area (Å²) in [5.41, 5.74) is 4.73. The molecule has 1 aromatic heterocycles. The number of carbonyl (C=O) groups excluding carboxylic acids is 2. The van der Waals surface area contributed by atoms with Gasteiger partial charge in [-0.05, 0) is 23.8 Å². The van der Waals surface area contributed by atoms with Crippen molar-refractivity contribution in [3.05, 3.63) is 72.1 Å². The number of fused-ring (bicyclic) bond motifs is 2. The molecule has 3 aromatic rings. The number of carbonyl (C=O) groups is 2. The van der Waals surface area contributed by atoms with Crippen LogP contribution in [-0.4, -0.2) is 40.9 Å². The zero-order valence-electron chi connectivity index (χ0n) is 18.0. The Bertz CT molecular complexity index is 1280. The van der Waals surface area contributed by atoms with Crippen LogP contribution in [0, 0.1) is 0 Å². The number of thioether (sulfide) groups is 1. The van der Waals surface area contributed by atoms with E-state index in [1.165, 1.54) is 5.56 Å². The van der Waals surface area contributed by atoms with Gasteiger partial charge >= 0.3 is 0 Å². The van der Waals surface area contributed by atoms with Crippen molar-refractivity contribution < 1.29 is 9.59 Å². The number of aliphatic imine (C=N–C) groups is 1. The lowest BCUT2D eigenvalue weighted by atomic mass is 10.0. The summed E-state index contributed by atoms with van der Waals surface area (Å²) < 4.78 is 2.07. The molecule has 0 radical (unpaired) electrons. The first-order chi connectivity index (χ1) is 15.5. The predicted octanol–water partition coefficient (Wildman–Crippen LogP) is 4.34. The average Bonchev–Trinajstić information content (AvgIpc) is 3.39. The Hall–Kier alpha value is -3.32. The number of nitrogens with zero attached hydrogens (tertiary/aromatic N) is 3. The second kappa shape index (κ2) is 9.27. The fourth-order valence-corrected chi connectivity index (χ4v) is 5.28. The lowest BCUT2D eigenvalue weighted by Gasteiger charge is -2.22. The molecular formula is C26H28N4O2S. The number of aryl methyl sites for hydroxylation is 1. The first-order valence-corrected chi connectivity index (χ1v) is 11.6. The highest BCUT2D eigenvalue weighted by Crippen LogP contribution is 2.37. The Morgan fingerprint density at radius 2 is 1.97 bits per heavy atom. The summed E-state index contributed by atoms with van der Waals surface area (Å²) in [4.78, 5) is 33.2. The van der Waals surface area contributed by atoms with E-state index in [2.05, 4.69) is 33.1 Å². The van der Waals surface area contributed by atoms with E-state index < -0.39 is 6.04 Å². The Labute approximate surface area is 198 Å². The summed E-state index contributed by atoms with van der Waals surface area (Å²) >= 11 is 1.60. The lowest BCUT2D eigenvalue weighted by molar-refractivity contribution is -0.125. The van der Waals surface area contributed by atoms with E-state index in [-0.39, 0.29) is 19.2 Å². The lowest BCUT2D eigenvalue weighted by Crippen LogP contribution is -2.48. The molecule has 0 unspecified atom stereocenters. The fourth-order valence-electron chi connectivity index (χ4n) is 4.17. The number of anilines is 1. The van der Waals surface area contributed by atoms with Crippen molar-refractivity contribution in [2.24, 2.45) is 12.0 Å². The van der Waals surface area contributed by atoms with Crippen molar-refractivity contribution in [1.29, 1.82) is 0 Å². The highest BCUT2D eigenvalue weighted by molar-refractivity contribution is 7.99. The number of benzene rings is 2. The molecule has 7 heteroatoms. The molecule has 0 spiro atoms. The van der Waals surface area contributed by atoms with Gasteiger partial charge in [0.2, 0.25) is 11.8 Å². The summed E-state index contributed by atoms with van der Waals surface area (Å²) in [6.07, 6.45) is 4.88. The van der Waals surface area contributed by atoms with Crippen LogP contribution < -0.4 is 10.2 Å². The van der Waals surface area contributed by atoms with Gasteiger partial charge < -0.3 is 14.8 Å². The average molecular weight is 461 g/mol. The largest absolute Gasteiger partial charge is 0.351 e. The van der Waals surface area contributed by atoms with Gasteiger partial charge in [-0.2, -0.15) is 0 Å². The Morgan fingerprint density at radius 3 is 2.76 bits per heavy atom. The highest BCUT2D eigenvalue weighted by Gasteiger charge is 2.31. The van der Waals surface area contributed by atoms with Gasteiger partial charge in [-0.3, -0.25) is 14.6 Å². The minimum absolute atomic E-state index is 0. The number of hydrogen-bond acceptors (Lipinski definition) is 4. The number of rotatable bonds is 4. The Balaban J connectivity index is 0.00000259. The van der Waals surface area contributed by atoms with Gasteiger partial charge in [0.25, 0.3) is 0 Å². The molecular weight excluding hydrogens is 432 g/mol. The predicted molar refractivity (Wildman–Crippen MR) is 136 cm³/mol. The topological polar surface area (TPSA) is 66.7 Å². The van der Waals surface area contributed by atoms with Crippen LogP contribution in [0.15, 0.2) is 76.4 Å². The zero-order valence-corrected chi connectivity index (χ0v) is 18.9. The molecule has 170 valence electrons. The second-order valence-corrected chi connectivity index (χ2v) is 9.29. The van der Waals surface area contributed by atoms with Crippen LogP contribution in [-0.2, 0) is 23.1 Å². The van der Waals surface area contributed by atoms with E-state index in [4.69, 9.17) is 0 Å². The van der Waals surface area contributed by atoms with Gasteiger partial charge in [0.05, 0.1) is 5.69 Å². The van der Waals surface area contributed by atoms with Crippen molar-refractivity contribution in [2.75, 3.05) is 17.7 Å². The summed E-state index contributed by atoms with van der Waals surface area (Å²) in [5.74, 6) is 0.159. The van der Waals surface area contributed by atoms with Crippen LogP contribution in [0.4, 0.5) is 5.69 Å². The van der Waals surface area contributed by atoms with Crippen molar-refractivity contribution in [3.63, 3.8) is 0 Å². The third-order valence-corrected chi connectivity index (χ3v) is 7.14. The molecule has 6 nitrogen and oxygen atoms in total. The molecule has 1 N–H and O–H groups in total. The summed E-state index contributed by atoms with van der Waals surface area (Å²) in [5, 5.41) is 4.04. The van der Waals surface area contributed by atoms with Crippen LogP contribution in [0.3, 0.4) is 0 Å². The molecule has 5 rings (SSSR count). The quantitative estimate of drug-likeness (QED) is 0.630. The summed E-state index contributed by atoms with van der Waals surface area (Å²) in [7, 11) is 3.79. The summed E-state index contributed by atoms with van der Waals surface area (Å²) in [6, 6.07) is 15.7. The van der Waals surface area contributed by atoms with Gasteiger partial charge in [0.15, 0.2) is 0 Å². The minimum Gasteiger partial charge on any atom is -0.351 e. The molecule has 2 amide bonds. The standard InChI is InChI=1S/C25H24N4O2S.CH4/c1-28-9-8-17-12-22-23(13-21(17)28)32-15-20(25(31)29(22)2)27-24(30)18-11-19(26-14-18)10-16-6-4-3-5-7-16;/h3-9,12-14,20H,10-11,15H2,1-2H3,(H,27,30);1H4/t20-;/m0./s1. The molecule has 0 aliphatic carbocycles. The SMILES string of the molecule is C.CN1C(=O)[C@@H](NC(=O)C2=CN=C(Cc3ccccc3)C2)CSc2cc3c(ccn3C)cc21. The molecule has 0 saturated carbocycles. The highest BCUT2D eigenvalue weighted by atomic mass is 32.2. The van der Waals surface area contributed by atoms with Crippen LogP contribution in [0.5, 0.6) is 0 Å². The molecule has 2 aromatic carbocycles. The maximum atomic E-state index is 13.1. The first-order valence-electron chi connectivity index (χ1n) is 10.6. The fraction of sp³-hybridized carbons (Fsp3) is 0.269. The Kier molecular flexibility index (Phi) is 6.42. The molecule has 3 heterocycles. The number of hydrogen-bond donors (Lipinski definition) is 1. The molecule has 0 saturated heterocycles.